The van der Waals surface area contributed by atoms with Crippen molar-refractivity contribution in [2.75, 3.05) is 0 Å². The van der Waals surface area contributed by atoms with E-state index >= 15 is 0 Å². The number of aromatic nitrogens is 1. The normalized spacial score (nSPS) is 12.1. The highest BCUT2D eigenvalue weighted by Gasteiger charge is 2.21. The van der Waals surface area contributed by atoms with Gasteiger partial charge in [-0.15, -0.1) is 0 Å². The van der Waals surface area contributed by atoms with Crippen LogP contribution in [-0.2, 0) is 11.3 Å². The Morgan fingerprint density at radius 1 is 0.930 bits per heavy atom. The van der Waals surface area contributed by atoms with Gasteiger partial charge in [0.15, 0.2) is 0 Å². The molecule has 0 fully saturated rings. The van der Waals surface area contributed by atoms with Crippen LogP contribution < -0.4 is 5.32 Å². The minimum Gasteiger partial charge on any atom is -0.456 e. The fraction of sp³-hybridized carbons (Fsp3) is 0.200. The van der Waals surface area contributed by atoms with Crippen LogP contribution >= 0.6 is 0 Å². The summed E-state index contributed by atoms with van der Waals surface area (Å²) in [5.74, 6) is -0.567. The van der Waals surface area contributed by atoms with Crippen molar-refractivity contribution in [3.05, 3.63) is 136 Å². The summed E-state index contributed by atoms with van der Waals surface area (Å²) in [5.41, 5.74) is 5.13. The van der Waals surface area contributed by atoms with Gasteiger partial charge in [-0.1, -0.05) is 54.6 Å². The predicted molar refractivity (Wildman–Crippen MR) is 167 cm³/mol. The van der Waals surface area contributed by atoms with Crippen molar-refractivity contribution in [3.8, 4) is 11.1 Å². The second kappa shape index (κ2) is 11.9. The summed E-state index contributed by atoms with van der Waals surface area (Å²) in [6.07, 6.45) is 2.00. The highest BCUT2D eigenvalue weighted by molar-refractivity contribution is 5.99. The van der Waals surface area contributed by atoms with Crippen molar-refractivity contribution < 1.29 is 19.2 Å². The molecule has 5 aromatic rings. The average molecular weight is 576 g/mol. The zero-order chi connectivity index (χ0) is 30.7. The quantitative estimate of drug-likeness (QED) is 0.116. The van der Waals surface area contributed by atoms with Gasteiger partial charge in [0, 0.05) is 41.3 Å². The number of nitrogens with one attached hydrogen (secondary N) is 1. The lowest BCUT2D eigenvalue weighted by molar-refractivity contribution is -0.384. The molecule has 0 aliphatic carbocycles. The molecule has 8 nitrogen and oxygen atoms in total. The number of nitro groups is 1. The molecule has 8 heteroatoms. The summed E-state index contributed by atoms with van der Waals surface area (Å²) in [4.78, 5) is 36.2. The first kappa shape index (κ1) is 29.3. The molecule has 0 aliphatic heterocycles. The summed E-state index contributed by atoms with van der Waals surface area (Å²) < 4.78 is 7.73. The third-order valence-electron chi connectivity index (χ3n) is 7.15. The number of hydrogen-bond donors (Lipinski definition) is 1. The Morgan fingerprint density at radius 2 is 1.63 bits per heavy atom. The predicted octanol–water partition coefficient (Wildman–Crippen LogP) is 7.71. The number of benzene rings is 4. The molecule has 1 heterocycles. The Kier molecular flexibility index (Phi) is 8.12. The van der Waals surface area contributed by atoms with Crippen molar-refractivity contribution in [2.24, 2.45) is 0 Å². The van der Waals surface area contributed by atoms with Gasteiger partial charge in [0.1, 0.15) is 5.60 Å². The lowest BCUT2D eigenvalue weighted by Gasteiger charge is -2.20. The van der Waals surface area contributed by atoms with Crippen LogP contribution in [0.2, 0.25) is 0 Å². The van der Waals surface area contributed by atoms with Crippen LogP contribution in [0.4, 0.5) is 5.69 Å². The number of carbonyl (C=O) groups excluding carboxylic acids is 2. The van der Waals surface area contributed by atoms with E-state index in [-0.39, 0.29) is 23.6 Å². The number of rotatable bonds is 8. The van der Waals surface area contributed by atoms with Gasteiger partial charge in [-0.2, -0.15) is 0 Å². The molecule has 0 bridgehead atoms. The molecule has 1 aromatic heterocycles. The van der Waals surface area contributed by atoms with Gasteiger partial charge < -0.3 is 14.6 Å². The van der Waals surface area contributed by atoms with Crippen LogP contribution in [0.25, 0.3) is 22.0 Å². The number of carbonyl (C=O) groups is 2. The first-order valence-corrected chi connectivity index (χ1v) is 14.0. The molecule has 218 valence electrons. The van der Waals surface area contributed by atoms with Crippen LogP contribution in [0.5, 0.6) is 0 Å². The summed E-state index contributed by atoms with van der Waals surface area (Å²) in [6, 6.07) is 29.0. The minimum atomic E-state index is -0.577. The van der Waals surface area contributed by atoms with E-state index in [1.54, 1.807) is 24.3 Å². The molecule has 1 atom stereocenters. The van der Waals surface area contributed by atoms with Gasteiger partial charge in [0.2, 0.25) is 0 Å². The monoisotopic (exact) mass is 575 g/mol. The smallest absolute Gasteiger partial charge is 0.339 e. The summed E-state index contributed by atoms with van der Waals surface area (Å²) in [6.45, 7) is 8.05. The Bertz CT molecular complexity index is 1800. The van der Waals surface area contributed by atoms with Crippen molar-refractivity contribution in [1.82, 2.24) is 9.88 Å². The molecule has 5 rings (SSSR count). The Morgan fingerprint density at radius 3 is 2.30 bits per heavy atom. The molecule has 0 aliphatic rings. The molecule has 0 radical (unpaired) electrons. The number of nitrogens with zero attached hydrogens (tertiary/aromatic N) is 2. The standard InChI is InChI=1S/C35H33N3O5/c1-23(25-13-16-29(17-14-25)38(41)42)36-33(39)28-15-18-32-27(21-28)19-20-37(32)22-24-9-11-26(12-10-24)30-7-5-6-8-31(30)34(40)43-35(2,3)4/h5-21,23H,22H2,1-4H3,(H,36,39)/t23-/m0/s1. The molecule has 0 unspecified atom stereocenters. The number of esters is 1. The van der Waals surface area contributed by atoms with E-state index in [1.165, 1.54) is 12.1 Å². The Labute approximate surface area is 250 Å². The van der Waals surface area contributed by atoms with Gasteiger partial charge in [0.25, 0.3) is 11.6 Å². The maximum absolute atomic E-state index is 13.0. The fourth-order valence-electron chi connectivity index (χ4n) is 4.96. The van der Waals surface area contributed by atoms with Gasteiger partial charge in [0.05, 0.1) is 16.5 Å². The van der Waals surface area contributed by atoms with E-state index in [9.17, 15) is 19.7 Å². The van der Waals surface area contributed by atoms with Crippen molar-refractivity contribution in [2.45, 2.75) is 45.9 Å². The number of amides is 1. The molecule has 0 spiro atoms. The van der Waals surface area contributed by atoms with E-state index in [2.05, 4.69) is 22.0 Å². The van der Waals surface area contributed by atoms with Crippen LogP contribution in [0.15, 0.2) is 103 Å². The van der Waals surface area contributed by atoms with Crippen LogP contribution in [0, 0.1) is 10.1 Å². The molecule has 1 N–H and O–H groups in total. The molecule has 1 amide bonds. The molecular weight excluding hydrogens is 542 g/mol. The van der Waals surface area contributed by atoms with Gasteiger partial charge in [-0.05, 0) is 80.3 Å². The van der Waals surface area contributed by atoms with Gasteiger partial charge in [-0.3, -0.25) is 14.9 Å². The summed E-state index contributed by atoms with van der Waals surface area (Å²) in [5, 5.41) is 14.8. The Hall–Kier alpha value is -5.24. The third-order valence-corrected chi connectivity index (χ3v) is 7.15. The third kappa shape index (κ3) is 6.81. The number of fused-ring (bicyclic) bond motifs is 1. The van der Waals surface area contributed by atoms with Crippen molar-refractivity contribution >= 4 is 28.5 Å². The lowest BCUT2D eigenvalue weighted by Crippen LogP contribution is -2.26. The molecule has 0 saturated carbocycles. The number of nitro benzene ring substituents is 1. The first-order valence-electron chi connectivity index (χ1n) is 14.0. The topological polar surface area (TPSA) is 103 Å². The van der Waals surface area contributed by atoms with E-state index in [0.717, 1.165) is 33.2 Å². The van der Waals surface area contributed by atoms with Gasteiger partial charge >= 0.3 is 5.97 Å². The number of non-ortho nitro benzene ring substituents is 1. The number of hydrogen-bond acceptors (Lipinski definition) is 5. The van der Waals surface area contributed by atoms with Crippen LogP contribution in [0.3, 0.4) is 0 Å². The van der Waals surface area contributed by atoms with Gasteiger partial charge in [-0.25, -0.2) is 4.79 Å². The summed E-state index contributed by atoms with van der Waals surface area (Å²) >= 11 is 0. The van der Waals surface area contributed by atoms with E-state index in [0.29, 0.717) is 17.7 Å². The number of ether oxygens (including phenoxy) is 1. The highest BCUT2D eigenvalue weighted by atomic mass is 16.6. The molecule has 43 heavy (non-hydrogen) atoms. The van der Waals surface area contributed by atoms with E-state index in [1.807, 2.05) is 82.4 Å². The maximum Gasteiger partial charge on any atom is 0.339 e. The van der Waals surface area contributed by atoms with Crippen molar-refractivity contribution in [3.63, 3.8) is 0 Å². The summed E-state index contributed by atoms with van der Waals surface area (Å²) in [7, 11) is 0. The Balaban J connectivity index is 1.28. The zero-order valence-electron chi connectivity index (χ0n) is 24.5. The second-order valence-corrected chi connectivity index (χ2v) is 11.5. The zero-order valence-corrected chi connectivity index (χ0v) is 24.5. The molecule has 4 aromatic carbocycles. The highest BCUT2D eigenvalue weighted by Crippen LogP contribution is 2.27. The van der Waals surface area contributed by atoms with E-state index < -0.39 is 10.5 Å². The first-order chi connectivity index (χ1) is 20.5. The molecular formula is C35H33N3O5. The van der Waals surface area contributed by atoms with E-state index in [4.69, 9.17) is 4.74 Å². The second-order valence-electron chi connectivity index (χ2n) is 11.5. The lowest BCUT2D eigenvalue weighted by atomic mass is 9.98. The maximum atomic E-state index is 13.0. The fourth-order valence-corrected chi connectivity index (χ4v) is 4.96. The molecule has 0 saturated heterocycles. The SMILES string of the molecule is C[C@H](NC(=O)c1ccc2c(ccn2Cc2ccc(-c3ccccc3C(=O)OC(C)(C)C)cc2)c1)c1ccc([N+](=O)[O-])cc1. The largest absolute Gasteiger partial charge is 0.456 e. The van der Waals surface area contributed by atoms with Crippen LogP contribution in [-0.4, -0.2) is 27.0 Å². The van der Waals surface area contributed by atoms with Crippen molar-refractivity contribution in [1.29, 1.82) is 0 Å². The average Bonchev–Trinajstić information content (AvgIpc) is 3.38. The van der Waals surface area contributed by atoms with Crippen LogP contribution in [0.1, 0.15) is 65.6 Å². The minimum absolute atomic E-state index is 0.0108.